The Kier molecular flexibility index (Phi) is 13.1. The van der Waals surface area contributed by atoms with Gasteiger partial charge in [-0.15, -0.1) is 0 Å². The minimum absolute atomic E-state index is 0. The Labute approximate surface area is 58.4 Å². The predicted molar refractivity (Wildman–Crippen MR) is 27.7 cm³/mol. The Hall–Kier alpha value is -0.303. The third-order valence-electron chi connectivity index (χ3n) is 0.301. The number of carboxylic acid groups (broad SMARTS) is 1. The minimum atomic E-state index is -1.38. The summed E-state index contributed by atoms with van der Waals surface area (Å²) >= 11 is 0. The van der Waals surface area contributed by atoms with Gasteiger partial charge in [0.25, 0.3) is 0 Å². The topological polar surface area (TPSA) is 85.9 Å². The fraction of sp³-hybridized carbons (Fsp3) is 0.333. The summed E-state index contributed by atoms with van der Waals surface area (Å²) in [5.41, 5.74) is 0. The molecular formula is C3H6LiO4. The van der Waals surface area contributed by atoms with Gasteiger partial charge in [-0.1, -0.05) is 0 Å². The van der Waals surface area contributed by atoms with E-state index in [9.17, 15) is 9.59 Å². The van der Waals surface area contributed by atoms with Gasteiger partial charge >= 0.3 is 5.97 Å². The first-order valence-electron chi connectivity index (χ1n) is 1.38. The van der Waals surface area contributed by atoms with Crippen molar-refractivity contribution in [3.63, 3.8) is 0 Å². The molecule has 1 radical (unpaired) electrons. The fourth-order valence-corrected chi connectivity index (χ4v) is 0. The second-order valence-corrected chi connectivity index (χ2v) is 0.861. The number of carboxylic acids is 1. The molecule has 0 aromatic heterocycles. The molecule has 0 saturated heterocycles. The number of rotatable bonds is 1. The minimum Gasteiger partial charge on any atom is -0.476 e. The smallest absolute Gasteiger partial charge is 0.371 e. The molecular weight excluding hydrogens is 107 g/mol. The van der Waals surface area contributed by atoms with Crippen LogP contribution in [0.4, 0.5) is 0 Å². The molecule has 0 aliphatic heterocycles. The van der Waals surface area contributed by atoms with E-state index in [1.165, 1.54) is 0 Å². The van der Waals surface area contributed by atoms with E-state index in [-0.39, 0.29) is 24.3 Å². The van der Waals surface area contributed by atoms with Gasteiger partial charge in [-0.2, -0.15) is 0 Å². The summed E-state index contributed by atoms with van der Waals surface area (Å²) in [5, 5.41) is 7.64. The van der Waals surface area contributed by atoms with Crippen molar-refractivity contribution < 1.29 is 20.2 Å². The van der Waals surface area contributed by atoms with Crippen LogP contribution in [0.25, 0.3) is 0 Å². The van der Waals surface area contributed by atoms with Gasteiger partial charge in [0.1, 0.15) is 0 Å². The number of carbonyl (C=O) groups is 2. The molecule has 0 fully saturated rings. The molecule has 5 heteroatoms. The summed E-state index contributed by atoms with van der Waals surface area (Å²) in [6.07, 6.45) is 0. The molecule has 0 aliphatic rings. The molecule has 0 rings (SSSR count). The fourth-order valence-electron chi connectivity index (χ4n) is 0. The Morgan fingerprint density at radius 3 is 1.50 bits per heavy atom. The molecule has 0 spiro atoms. The number of hydrogen-bond donors (Lipinski definition) is 1. The van der Waals surface area contributed by atoms with Crippen LogP contribution in [0.1, 0.15) is 6.92 Å². The number of carbonyl (C=O) groups excluding carboxylic acids is 1. The number of aliphatic carboxylic acids is 1. The molecule has 0 heterocycles. The summed E-state index contributed by atoms with van der Waals surface area (Å²) in [5.74, 6) is -2.20. The normalized spacial score (nSPS) is 5.62. The SMILES string of the molecule is CC(=O)C(=O)O.O.[Li]. The first kappa shape index (κ1) is 15.6. The molecule has 0 saturated carbocycles. The number of hydrogen-bond acceptors (Lipinski definition) is 2. The van der Waals surface area contributed by atoms with Crippen molar-refractivity contribution in [1.29, 1.82) is 0 Å². The average molecular weight is 113 g/mol. The van der Waals surface area contributed by atoms with Gasteiger partial charge < -0.3 is 10.6 Å². The molecule has 0 aliphatic carbocycles. The van der Waals surface area contributed by atoms with Gasteiger partial charge in [-0.3, -0.25) is 4.79 Å². The van der Waals surface area contributed by atoms with E-state index in [1.54, 1.807) is 0 Å². The van der Waals surface area contributed by atoms with Gasteiger partial charge in [-0.05, 0) is 0 Å². The molecule has 3 N–H and O–H groups in total. The van der Waals surface area contributed by atoms with Crippen molar-refractivity contribution in [3.05, 3.63) is 0 Å². The second kappa shape index (κ2) is 6.70. The third-order valence-corrected chi connectivity index (χ3v) is 0.301. The third kappa shape index (κ3) is 9.20. The molecule has 0 aromatic carbocycles. The first-order valence-corrected chi connectivity index (χ1v) is 1.38. The summed E-state index contributed by atoms with van der Waals surface area (Å²) in [7, 11) is 0. The van der Waals surface area contributed by atoms with Crippen LogP contribution in [-0.2, 0) is 9.59 Å². The molecule has 0 unspecified atom stereocenters. The molecule has 0 amide bonds. The molecule has 8 heavy (non-hydrogen) atoms. The summed E-state index contributed by atoms with van der Waals surface area (Å²) in [6, 6.07) is 0. The van der Waals surface area contributed by atoms with Crippen LogP contribution in [0, 0.1) is 0 Å². The van der Waals surface area contributed by atoms with Crippen LogP contribution in [0.5, 0.6) is 0 Å². The monoisotopic (exact) mass is 113 g/mol. The summed E-state index contributed by atoms with van der Waals surface area (Å²) in [4.78, 5) is 18.9. The van der Waals surface area contributed by atoms with Crippen LogP contribution in [-0.4, -0.2) is 41.2 Å². The standard InChI is InChI=1S/C3H4O3.Li.H2O/c1-2(4)3(5)6;;/h1H3,(H,5,6);;1H2. The van der Waals surface area contributed by atoms with Crippen LogP contribution < -0.4 is 0 Å². The van der Waals surface area contributed by atoms with Gasteiger partial charge in [0.2, 0.25) is 5.78 Å². The van der Waals surface area contributed by atoms with Gasteiger partial charge in [0, 0.05) is 25.8 Å². The summed E-state index contributed by atoms with van der Waals surface area (Å²) in [6.45, 7) is 1.00. The van der Waals surface area contributed by atoms with Gasteiger partial charge in [-0.25, -0.2) is 4.79 Å². The molecule has 0 aromatic rings. The van der Waals surface area contributed by atoms with Gasteiger partial charge in [0.15, 0.2) is 0 Å². The number of Topliss-reactive ketones (excluding diaryl/α,β-unsaturated/α-hetero) is 1. The van der Waals surface area contributed by atoms with Crippen molar-refractivity contribution in [2.45, 2.75) is 6.92 Å². The average Bonchev–Trinajstić information content (AvgIpc) is 1.36. The van der Waals surface area contributed by atoms with E-state index >= 15 is 0 Å². The van der Waals surface area contributed by atoms with Crippen LogP contribution >= 0.6 is 0 Å². The van der Waals surface area contributed by atoms with E-state index in [1.807, 2.05) is 0 Å². The van der Waals surface area contributed by atoms with Crippen molar-refractivity contribution in [3.8, 4) is 0 Å². The maximum absolute atomic E-state index is 9.54. The van der Waals surface area contributed by atoms with Crippen molar-refractivity contribution in [2.75, 3.05) is 0 Å². The second-order valence-electron chi connectivity index (χ2n) is 0.861. The van der Waals surface area contributed by atoms with E-state index in [4.69, 9.17) is 5.11 Å². The number of ketones is 1. The van der Waals surface area contributed by atoms with Crippen LogP contribution in [0.15, 0.2) is 0 Å². The largest absolute Gasteiger partial charge is 0.476 e. The van der Waals surface area contributed by atoms with Gasteiger partial charge in [0.05, 0.1) is 0 Å². The maximum atomic E-state index is 9.54. The van der Waals surface area contributed by atoms with Crippen molar-refractivity contribution in [1.82, 2.24) is 0 Å². The van der Waals surface area contributed by atoms with E-state index in [0.29, 0.717) is 0 Å². The molecule has 0 bridgehead atoms. The zero-order valence-electron chi connectivity index (χ0n) is 4.76. The zero-order valence-corrected chi connectivity index (χ0v) is 4.76. The zero-order chi connectivity index (χ0) is 5.15. The Bertz CT molecular complexity index is 77.3. The predicted octanol–water partition coefficient (Wildman–Crippen LogP) is -1.55. The maximum Gasteiger partial charge on any atom is 0.371 e. The van der Waals surface area contributed by atoms with Crippen molar-refractivity contribution in [2.24, 2.45) is 0 Å². The van der Waals surface area contributed by atoms with Crippen LogP contribution in [0.3, 0.4) is 0 Å². The molecule has 43 valence electrons. The quantitative estimate of drug-likeness (QED) is 0.330. The molecule has 4 nitrogen and oxygen atoms in total. The first-order chi connectivity index (χ1) is 2.64. The van der Waals surface area contributed by atoms with Crippen molar-refractivity contribution >= 4 is 30.6 Å². The Balaban J connectivity index is -0.000000125. The van der Waals surface area contributed by atoms with Crippen LogP contribution in [0.2, 0.25) is 0 Å². The van der Waals surface area contributed by atoms with E-state index in [2.05, 4.69) is 0 Å². The van der Waals surface area contributed by atoms with E-state index in [0.717, 1.165) is 6.92 Å². The molecule has 0 atom stereocenters. The Morgan fingerprint density at radius 2 is 1.50 bits per heavy atom. The Morgan fingerprint density at radius 1 is 1.38 bits per heavy atom. The van der Waals surface area contributed by atoms with E-state index < -0.39 is 11.8 Å². The summed E-state index contributed by atoms with van der Waals surface area (Å²) < 4.78 is 0.